The fraction of sp³-hybridized carbons (Fsp3) is 0.269. The summed E-state index contributed by atoms with van der Waals surface area (Å²) in [7, 11) is 5.86. The van der Waals surface area contributed by atoms with E-state index in [9.17, 15) is 0 Å². The number of aromatic nitrogens is 2. The van der Waals surface area contributed by atoms with Gasteiger partial charge in [0.1, 0.15) is 5.75 Å². The van der Waals surface area contributed by atoms with Gasteiger partial charge in [0.2, 0.25) is 0 Å². The van der Waals surface area contributed by atoms with Crippen LogP contribution in [0.2, 0.25) is 0 Å². The molecule has 0 saturated carbocycles. The third-order valence-corrected chi connectivity index (χ3v) is 4.81. The highest BCUT2D eigenvalue weighted by molar-refractivity contribution is 6.27. The molecule has 5 N–H and O–H groups in total. The lowest BCUT2D eigenvalue weighted by molar-refractivity contribution is -0.159. The molecule has 0 aliphatic rings. The average molecular weight is 545 g/mol. The summed E-state index contributed by atoms with van der Waals surface area (Å²) in [5.74, 6) is -6.44. The van der Waals surface area contributed by atoms with Gasteiger partial charge in [-0.1, -0.05) is 30.3 Å². The Kier molecular flexibility index (Phi) is 14.0. The molecule has 13 nitrogen and oxygen atoms in total. The number of carboxylic acids is 4. The Bertz CT molecular complexity index is 1160. The van der Waals surface area contributed by atoms with Gasteiger partial charge in [0, 0.05) is 37.0 Å². The number of nitrogens with zero attached hydrogens (tertiary/aromatic N) is 3. The first-order chi connectivity index (χ1) is 18.4. The quantitative estimate of drug-likeness (QED) is 0.193. The molecule has 0 bridgehead atoms. The van der Waals surface area contributed by atoms with E-state index in [0.29, 0.717) is 0 Å². The number of likely N-dealkylation sites (N-methyl/N-ethyl adjacent to an activating group) is 1. The number of carboxylic acid groups (broad SMARTS) is 4. The van der Waals surface area contributed by atoms with Crippen molar-refractivity contribution in [3.8, 4) is 17.0 Å². The molecule has 0 saturated heterocycles. The monoisotopic (exact) mass is 544 g/mol. The van der Waals surface area contributed by atoms with Crippen LogP contribution in [0.15, 0.2) is 60.8 Å². The van der Waals surface area contributed by atoms with E-state index < -0.39 is 23.9 Å². The van der Waals surface area contributed by atoms with Crippen molar-refractivity contribution in [2.45, 2.75) is 13.1 Å². The molecule has 0 unspecified atom stereocenters. The zero-order chi connectivity index (χ0) is 29.4. The zero-order valence-electron chi connectivity index (χ0n) is 21.8. The highest BCUT2D eigenvalue weighted by atomic mass is 16.5. The number of ether oxygens (including phenoxy) is 1. The second-order valence-corrected chi connectivity index (χ2v) is 8.12. The molecule has 1 aromatic heterocycles. The van der Waals surface area contributed by atoms with Gasteiger partial charge < -0.3 is 35.4 Å². The molecule has 0 radical (unpaired) electrons. The molecule has 2 aromatic carbocycles. The summed E-state index contributed by atoms with van der Waals surface area (Å²) in [6.07, 6.45) is 2.15. The van der Waals surface area contributed by atoms with Crippen LogP contribution in [0.5, 0.6) is 5.75 Å². The van der Waals surface area contributed by atoms with Crippen molar-refractivity contribution in [1.29, 1.82) is 0 Å². The minimum Gasteiger partial charge on any atom is -0.497 e. The van der Waals surface area contributed by atoms with E-state index in [-0.39, 0.29) is 0 Å². The second-order valence-electron chi connectivity index (χ2n) is 8.12. The molecule has 1 heterocycles. The summed E-state index contributed by atoms with van der Waals surface area (Å²) in [4.78, 5) is 38.6. The minimum atomic E-state index is -1.82. The Balaban J connectivity index is 0.000000530. The SMILES string of the molecule is COc1ccc(-c2nn(Cc3ccccc3)cc2CNCCN(C)C)cc1.O=C(O)C(=O)O.O=C(O)C(=O)O. The largest absolute Gasteiger partial charge is 0.497 e. The second kappa shape index (κ2) is 16.9. The van der Waals surface area contributed by atoms with Crippen LogP contribution in [0.3, 0.4) is 0 Å². The topological polar surface area (TPSA) is 192 Å². The molecule has 3 rings (SSSR count). The Morgan fingerprint density at radius 1 is 0.872 bits per heavy atom. The normalized spacial score (nSPS) is 9.95. The standard InChI is InChI=1S/C22H28N4O.2C2H2O4/c1-25(2)14-13-23-15-20-17-26(16-18-7-5-4-6-8-18)24-22(20)19-9-11-21(27-3)12-10-19;2*3-1(4)2(5)6/h4-12,17,23H,13-16H2,1-3H3;2*(H,3,4)(H,5,6). The van der Waals surface area contributed by atoms with Gasteiger partial charge in [0.25, 0.3) is 0 Å². The van der Waals surface area contributed by atoms with Gasteiger partial charge in [-0.3, -0.25) is 4.68 Å². The highest BCUT2D eigenvalue weighted by Crippen LogP contribution is 2.25. The third kappa shape index (κ3) is 12.9. The predicted molar refractivity (Wildman–Crippen MR) is 141 cm³/mol. The van der Waals surface area contributed by atoms with E-state index in [4.69, 9.17) is 49.4 Å². The first kappa shape index (κ1) is 32.3. The van der Waals surface area contributed by atoms with Gasteiger partial charge >= 0.3 is 23.9 Å². The van der Waals surface area contributed by atoms with E-state index in [1.807, 2.05) is 22.9 Å². The Labute approximate surface area is 224 Å². The predicted octanol–water partition coefficient (Wildman–Crippen LogP) is 1.57. The summed E-state index contributed by atoms with van der Waals surface area (Å²) >= 11 is 0. The number of rotatable bonds is 9. The Morgan fingerprint density at radius 2 is 1.41 bits per heavy atom. The molecule has 13 heteroatoms. The average Bonchev–Trinajstić information content (AvgIpc) is 3.30. The summed E-state index contributed by atoms with van der Waals surface area (Å²) in [6.45, 7) is 3.51. The highest BCUT2D eigenvalue weighted by Gasteiger charge is 2.12. The van der Waals surface area contributed by atoms with Gasteiger partial charge in [-0.05, 0) is 43.9 Å². The van der Waals surface area contributed by atoms with Gasteiger partial charge in [-0.25, -0.2) is 19.2 Å². The molecule has 39 heavy (non-hydrogen) atoms. The lowest BCUT2D eigenvalue weighted by Gasteiger charge is -2.10. The maximum absolute atomic E-state index is 9.10. The third-order valence-electron chi connectivity index (χ3n) is 4.81. The van der Waals surface area contributed by atoms with Crippen molar-refractivity contribution in [2.75, 3.05) is 34.3 Å². The van der Waals surface area contributed by atoms with Crippen LogP contribution in [0.25, 0.3) is 11.3 Å². The first-order valence-electron chi connectivity index (χ1n) is 11.5. The molecule has 0 amide bonds. The van der Waals surface area contributed by atoms with E-state index in [1.54, 1.807) is 7.11 Å². The molecule has 210 valence electrons. The minimum absolute atomic E-state index is 0.766. The van der Waals surface area contributed by atoms with Crippen molar-refractivity contribution in [3.05, 3.63) is 71.9 Å². The van der Waals surface area contributed by atoms with Crippen molar-refractivity contribution in [3.63, 3.8) is 0 Å². The van der Waals surface area contributed by atoms with Crippen LogP contribution >= 0.6 is 0 Å². The molecule has 0 fully saturated rings. The van der Waals surface area contributed by atoms with Crippen molar-refractivity contribution >= 4 is 23.9 Å². The fourth-order valence-corrected chi connectivity index (χ4v) is 2.96. The smallest absolute Gasteiger partial charge is 0.414 e. The summed E-state index contributed by atoms with van der Waals surface area (Å²) < 4.78 is 7.30. The van der Waals surface area contributed by atoms with E-state index in [0.717, 1.165) is 43.2 Å². The summed E-state index contributed by atoms with van der Waals surface area (Å²) in [5.41, 5.74) is 4.57. The number of hydrogen-bond acceptors (Lipinski definition) is 8. The van der Waals surface area contributed by atoms with Crippen LogP contribution in [0.1, 0.15) is 11.1 Å². The maximum Gasteiger partial charge on any atom is 0.414 e. The number of nitrogens with one attached hydrogen (secondary N) is 1. The summed E-state index contributed by atoms with van der Waals surface area (Å²) in [5, 5.41) is 38.0. The van der Waals surface area contributed by atoms with Gasteiger partial charge in [0.05, 0.1) is 19.3 Å². The van der Waals surface area contributed by atoms with E-state index in [1.165, 1.54) is 11.1 Å². The lowest BCUT2D eigenvalue weighted by atomic mass is 10.1. The Morgan fingerprint density at radius 3 is 1.87 bits per heavy atom. The Hall–Kier alpha value is -4.75. The number of benzene rings is 2. The number of aliphatic carboxylic acids is 4. The van der Waals surface area contributed by atoms with Gasteiger partial charge in [0.15, 0.2) is 0 Å². The van der Waals surface area contributed by atoms with Crippen LogP contribution in [-0.4, -0.2) is 93.3 Å². The van der Waals surface area contributed by atoms with Crippen molar-refractivity contribution < 1.29 is 44.3 Å². The van der Waals surface area contributed by atoms with Crippen LogP contribution < -0.4 is 10.1 Å². The molecule has 0 atom stereocenters. The van der Waals surface area contributed by atoms with Crippen LogP contribution in [0.4, 0.5) is 0 Å². The van der Waals surface area contributed by atoms with E-state index in [2.05, 4.69) is 66.9 Å². The fourth-order valence-electron chi connectivity index (χ4n) is 2.96. The summed E-state index contributed by atoms with van der Waals surface area (Å²) in [6, 6.07) is 18.5. The molecule has 0 aliphatic carbocycles. The van der Waals surface area contributed by atoms with Gasteiger partial charge in [-0.2, -0.15) is 5.10 Å². The van der Waals surface area contributed by atoms with Crippen molar-refractivity contribution in [2.24, 2.45) is 0 Å². The number of carbonyl (C=O) groups is 4. The molecular weight excluding hydrogens is 512 g/mol. The zero-order valence-corrected chi connectivity index (χ0v) is 21.8. The molecule has 3 aromatic rings. The molecule has 0 spiro atoms. The lowest BCUT2D eigenvalue weighted by Crippen LogP contribution is -2.26. The van der Waals surface area contributed by atoms with Crippen molar-refractivity contribution in [1.82, 2.24) is 20.0 Å². The first-order valence-corrected chi connectivity index (χ1v) is 11.5. The van der Waals surface area contributed by atoms with E-state index >= 15 is 0 Å². The number of methoxy groups -OCH3 is 1. The van der Waals surface area contributed by atoms with Crippen LogP contribution in [0, 0.1) is 0 Å². The van der Waals surface area contributed by atoms with Gasteiger partial charge in [-0.15, -0.1) is 0 Å². The molecular formula is C26H32N4O9. The number of hydrogen-bond donors (Lipinski definition) is 5. The molecule has 0 aliphatic heterocycles. The maximum atomic E-state index is 9.10. The van der Waals surface area contributed by atoms with Crippen LogP contribution in [-0.2, 0) is 32.3 Å².